The number of unbranched alkanes of at least 4 members (excludes halogenated alkanes) is 11. The molecule has 3 nitrogen and oxygen atoms in total. The highest BCUT2D eigenvalue weighted by Crippen LogP contribution is 2.34. The molecule has 1 aromatic heterocycles. The first-order chi connectivity index (χ1) is 18.3. The zero-order chi connectivity index (χ0) is 26.0. The zero-order valence-electron chi connectivity index (χ0n) is 24.1. The molecule has 0 bridgehead atoms. The number of ether oxygens (including phenoxy) is 1. The van der Waals surface area contributed by atoms with Crippen molar-refractivity contribution in [3.8, 4) is 5.75 Å². The van der Waals surface area contributed by atoms with Gasteiger partial charge in [-0.15, -0.1) is 0 Å². The summed E-state index contributed by atoms with van der Waals surface area (Å²) in [6.45, 7) is 5.39. The van der Waals surface area contributed by atoms with Crippen molar-refractivity contribution in [3.05, 3.63) is 53.6 Å². The molecule has 3 heteroatoms. The summed E-state index contributed by atoms with van der Waals surface area (Å²) in [6.07, 6.45) is 28.9. The first-order valence-corrected chi connectivity index (χ1v) is 15.8. The Bertz CT molecular complexity index is 809. The Labute approximate surface area is 228 Å². The fourth-order valence-corrected chi connectivity index (χ4v) is 5.65. The minimum absolute atomic E-state index is 0.519. The summed E-state index contributed by atoms with van der Waals surface area (Å²) < 4.78 is 6.16. The van der Waals surface area contributed by atoms with Gasteiger partial charge in [0.25, 0.3) is 0 Å². The van der Waals surface area contributed by atoms with Gasteiger partial charge >= 0.3 is 0 Å². The Balaban J connectivity index is 1.27. The molecule has 1 fully saturated rings. The Kier molecular flexibility index (Phi) is 14.7. The largest absolute Gasteiger partial charge is 0.493 e. The molecule has 1 saturated carbocycles. The van der Waals surface area contributed by atoms with E-state index < -0.39 is 0 Å². The maximum atomic E-state index is 6.16. The van der Waals surface area contributed by atoms with E-state index in [9.17, 15) is 0 Å². The fourth-order valence-electron chi connectivity index (χ4n) is 5.65. The predicted octanol–water partition coefficient (Wildman–Crippen LogP) is 10.0. The number of hydrogen-bond donors (Lipinski definition) is 0. The topological polar surface area (TPSA) is 35.0 Å². The number of aryl methyl sites for hydroxylation is 2. The quantitative estimate of drug-likeness (QED) is 0.178. The first kappa shape index (κ1) is 29.7. The van der Waals surface area contributed by atoms with E-state index in [1.54, 1.807) is 0 Å². The summed E-state index contributed by atoms with van der Waals surface area (Å²) in [7, 11) is 0. The van der Waals surface area contributed by atoms with Crippen LogP contribution >= 0.6 is 0 Å². The summed E-state index contributed by atoms with van der Waals surface area (Å²) in [4.78, 5) is 9.54. The van der Waals surface area contributed by atoms with Crippen LogP contribution in [0, 0.1) is 5.92 Å². The molecule has 1 aliphatic carbocycles. The zero-order valence-corrected chi connectivity index (χ0v) is 24.1. The number of benzene rings is 1. The van der Waals surface area contributed by atoms with Crippen molar-refractivity contribution in [2.24, 2.45) is 5.92 Å². The Morgan fingerprint density at radius 1 is 0.622 bits per heavy atom. The van der Waals surface area contributed by atoms with E-state index in [2.05, 4.69) is 50.5 Å². The molecule has 1 aromatic carbocycles. The number of hydrogen-bond acceptors (Lipinski definition) is 3. The van der Waals surface area contributed by atoms with E-state index in [0.717, 1.165) is 24.6 Å². The van der Waals surface area contributed by atoms with Crippen LogP contribution in [0.4, 0.5) is 0 Å². The minimum Gasteiger partial charge on any atom is -0.493 e. The van der Waals surface area contributed by atoms with Crippen LogP contribution in [0.1, 0.15) is 146 Å². The third-order valence-corrected chi connectivity index (χ3v) is 8.23. The van der Waals surface area contributed by atoms with Crippen LogP contribution in [0.15, 0.2) is 36.7 Å². The Morgan fingerprint density at radius 2 is 1.14 bits per heavy atom. The van der Waals surface area contributed by atoms with Gasteiger partial charge in [0.15, 0.2) is 0 Å². The van der Waals surface area contributed by atoms with Crippen molar-refractivity contribution >= 4 is 0 Å². The molecule has 2 aromatic rings. The van der Waals surface area contributed by atoms with Crippen molar-refractivity contribution in [1.29, 1.82) is 0 Å². The van der Waals surface area contributed by atoms with E-state index in [0.29, 0.717) is 11.8 Å². The van der Waals surface area contributed by atoms with E-state index in [4.69, 9.17) is 14.7 Å². The maximum absolute atomic E-state index is 6.16. The van der Waals surface area contributed by atoms with Crippen molar-refractivity contribution in [2.45, 2.75) is 142 Å². The molecule has 1 aliphatic rings. The lowest BCUT2D eigenvalue weighted by Gasteiger charge is -2.27. The Morgan fingerprint density at radius 3 is 1.70 bits per heavy atom. The lowest BCUT2D eigenvalue weighted by molar-refractivity contribution is 0.198. The van der Waals surface area contributed by atoms with Crippen LogP contribution in [0.25, 0.3) is 0 Å². The molecule has 0 radical (unpaired) electrons. The maximum Gasteiger partial charge on any atom is 0.131 e. The van der Waals surface area contributed by atoms with Crippen LogP contribution in [0.5, 0.6) is 5.75 Å². The van der Waals surface area contributed by atoms with E-state index in [1.807, 2.05) is 0 Å². The van der Waals surface area contributed by atoms with E-state index in [-0.39, 0.29) is 0 Å². The summed E-state index contributed by atoms with van der Waals surface area (Å²) in [6, 6.07) is 8.83. The highest BCUT2D eigenvalue weighted by molar-refractivity contribution is 5.27. The van der Waals surface area contributed by atoms with Gasteiger partial charge in [0.1, 0.15) is 11.6 Å². The minimum atomic E-state index is 0.519. The van der Waals surface area contributed by atoms with Gasteiger partial charge < -0.3 is 4.74 Å². The summed E-state index contributed by atoms with van der Waals surface area (Å²) in [5, 5.41) is 0. The third kappa shape index (κ3) is 12.0. The van der Waals surface area contributed by atoms with Gasteiger partial charge in [0.05, 0.1) is 6.61 Å². The van der Waals surface area contributed by atoms with Gasteiger partial charge in [-0.05, 0) is 80.5 Å². The molecule has 1 heterocycles. The van der Waals surface area contributed by atoms with Gasteiger partial charge in [0, 0.05) is 18.3 Å². The molecular formula is C34H54N2O. The smallest absolute Gasteiger partial charge is 0.131 e. The van der Waals surface area contributed by atoms with Crippen LogP contribution in [0.3, 0.4) is 0 Å². The molecule has 0 atom stereocenters. The van der Waals surface area contributed by atoms with Gasteiger partial charge in [-0.3, -0.25) is 0 Å². The van der Waals surface area contributed by atoms with Crippen LogP contribution < -0.4 is 4.74 Å². The SMILES string of the molecule is CCCCCCCCCCc1cnc(C2CCC(COc3ccc(CCCCCCC)cc3)CC2)nc1. The fraction of sp³-hybridized carbons (Fsp3) is 0.706. The molecule has 0 amide bonds. The van der Waals surface area contributed by atoms with Crippen molar-refractivity contribution in [3.63, 3.8) is 0 Å². The highest BCUT2D eigenvalue weighted by Gasteiger charge is 2.24. The lowest BCUT2D eigenvalue weighted by Crippen LogP contribution is -2.20. The monoisotopic (exact) mass is 506 g/mol. The van der Waals surface area contributed by atoms with Crippen molar-refractivity contribution in [2.75, 3.05) is 6.61 Å². The summed E-state index contributed by atoms with van der Waals surface area (Å²) in [5.74, 6) is 3.25. The van der Waals surface area contributed by atoms with Crippen molar-refractivity contribution in [1.82, 2.24) is 9.97 Å². The molecule has 37 heavy (non-hydrogen) atoms. The average Bonchev–Trinajstić information content (AvgIpc) is 2.94. The van der Waals surface area contributed by atoms with Gasteiger partial charge in [-0.1, -0.05) is 96.6 Å². The lowest BCUT2D eigenvalue weighted by atomic mass is 9.82. The van der Waals surface area contributed by atoms with Crippen LogP contribution in [-0.4, -0.2) is 16.6 Å². The summed E-state index contributed by atoms with van der Waals surface area (Å²) in [5.41, 5.74) is 2.74. The molecular weight excluding hydrogens is 452 g/mol. The van der Waals surface area contributed by atoms with Gasteiger partial charge in [0.2, 0.25) is 0 Å². The average molecular weight is 507 g/mol. The number of aromatic nitrogens is 2. The normalized spacial score (nSPS) is 17.7. The second kappa shape index (κ2) is 18.4. The van der Waals surface area contributed by atoms with E-state index in [1.165, 1.54) is 127 Å². The number of rotatable bonds is 19. The Hall–Kier alpha value is -1.90. The summed E-state index contributed by atoms with van der Waals surface area (Å²) >= 11 is 0. The highest BCUT2D eigenvalue weighted by atomic mass is 16.5. The molecule has 0 N–H and O–H groups in total. The standard InChI is InChI=1S/C34H54N2O/c1-3-5-7-9-10-11-13-15-17-31-26-35-34(36-27-31)32-22-18-30(19-23-32)28-37-33-24-20-29(21-25-33)16-14-12-8-6-4-2/h20-21,24-27,30,32H,3-19,22-23,28H2,1-2H3. The predicted molar refractivity (Wildman–Crippen MR) is 157 cm³/mol. The van der Waals surface area contributed by atoms with Crippen LogP contribution in [-0.2, 0) is 12.8 Å². The third-order valence-electron chi connectivity index (χ3n) is 8.23. The van der Waals surface area contributed by atoms with Gasteiger partial charge in [-0.25, -0.2) is 9.97 Å². The molecule has 0 spiro atoms. The number of nitrogens with zero attached hydrogens (tertiary/aromatic N) is 2. The van der Waals surface area contributed by atoms with E-state index >= 15 is 0 Å². The second-order valence-electron chi connectivity index (χ2n) is 11.5. The molecule has 206 valence electrons. The van der Waals surface area contributed by atoms with Crippen molar-refractivity contribution < 1.29 is 4.74 Å². The molecule has 0 unspecified atom stereocenters. The van der Waals surface area contributed by atoms with Crippen LogP contribution in [0.2, 0.25) is 0 Å². The molecule has 3 rings (SSSR count). The first-order valence-electron chi connectivity index (χ1n) is 15.8. The second-order valence-corrected chi connectivity index (χ2v) is 11.5. The van der Waals surface area contributed by atoms with Gasteiger partial charge in [-0.2, -0.15) is 0 Å². The molecule has 0 aliphatic heterocycles. The molecule has 0 saturated heterocycles.